The number of nitrogens with one attached hydrogen (secondary N) is 1. The molecule has 2 aromatic carbocycles. The van der Waals surface area contributed by atoms with Gasteiger partial charge >= 0.3 is 0 Å². The van der Waals surface area contributed by atoms with Crippen LogP contribution in [-0.2, 0) is 16.1 Å². The van der Waals surface area contributed by atoms with Gasteiger partial charge in [-0.2, -0.15) is 0 Å². The number of anilines is 1. The molecule has 1 aliphatic rings. The number of nitrogens with zero attached hydrogens (tertiary/aromatic N) is 1. The smallest absolute Gasteiger partial charge is 0.265 e. The standard InChI is InChI=1S/C20H19FN2O4/c1-13(24)15-4-7-18-17(10-15)23(20(26)12-27-18)9-8-19(25)22-11-14-2-5-16(21)6-3-14/h2-7,10H,8-9,11-12H2,1H3,(H,22,25). The molecule has 0 aromatic heterocycles. The second kappa shape index (κ2) is 7.99. The predicted molar refractivity (Wildman–Crippen MR) is 97.2 cm³/mol. The van der Waals surface area contributed by atoms with Gasteiger partial charge in [-0.15, -0.1) is 0 Å². The van der Waals surface area contributed by atoms with Crippen molar-refractivity contribution in [2.24, 2.45) is 0 Å². The monoisotopic (exact) mass is 370 g/mol. The van der Waals surface area contributed by atoms with Gasteiger partial charge < -0.3 is 15.0 Å². The van der Waals surface area contributed by atoms with Crippen LogP contribution in [0.4, 0.5) is 10.1 Å². The summed E-state index contributed by atoms with van der Waals surface area (Å²) in [5.74, 6) is -0.448. The molecule has 0 bridgehead atoms. The summed E-state index contributed by atoms with van der Waals surface area (Å²) in [7, 11) is 0. The average Bonchev–Trinajstić information content (AvgIpc) is 2.66. The number of carbonyl (C=O) groups excluding carboxylic acids is 3. The van der Waals surface area contributed by atoms with Crippen molar-refractivity contribution in [3.05, 3.63) is 59.4 Å². The van der Waals surface area contributed by atoms with E-state index in [1.54, 1.807) is 30.3 Å². The van der Waals surface area contributed by atoms with E-state index in [2.05, 4.69) is 5.32 Å². The lowest BCUT2D eigenvalue weighted by Gasteiger charge is -2.29. The third kappa shape index (κ3) is 4.49. The van der Waals surface area contributed by atoms with Crippen molar-refractivity contribution < 1.29 is 23.5 Å². The molecule has 0 saturated heterocycles. The van der Waals surface area contributed by atoms with Gasteiger partial charge in [0, 0.05) is 25.1 Å². The summed E-state index contributed by atoms with van der Waals surface area (Å²) < 4.78 is 18.3. The SMILES string of the molecule is CC(=O)c1ccc2c(c1)N(CCC(=O)NCc1ccc(F)cc1)C(=O)CO2. The summed E-state index contributed by atoms with van der Waals surface area (Å²) in [6.45, 7) is 1.79. The first-order valence-electron chi connectivity index (χ1n) is 8.53. The van der Waals surface area contributed by atoms with Crippen LogP contribution >= 0.6 is 0 Å². The molecule has 2 aromatic rings. The topological polar surface area (TPSA) is 75.7 Å². The fraction of sp³-hybridized carbons (Fsp3) is 0.250. The molecule has 0 spiro atoms. The molecule has 6 nitrogen and oxygen atoms in total. The van der Waals surface area contributed by atoms with Crippen molar-refractivity contribution in [2.45, 2.75) is 19.9 Å². The number of benzene rings is 2. The van der Waals surface area contributed by atoms with Crippen LogP contribution in [0.1, 0.15) is 29.3 Å². The Morgan fingerprint density at radius 3 is 2.63 bits per heavy atom. The van der Waals surface area contributed by atoms with Gasteiger partial charge in [0.2, 0.25) is 5.91 Å². The zero-order chi connectivity index (χ0) is 19.4. The number of rotatable bonds is 6. The molecule has 2 amide bonds. The van der Waals surface area contributed by atoms with Crippen molar-refractivity contribution in [1.29, 1.82) is 0 Å². The van der Waals surface area contributed by atoms with E-state index in [0.29, 0.717) is 17.0 Å². The maximum atomic E-state index is 12.9. The minimum atomic E-state index is -0.334. The molecule has 0 radical (unpaired) electrons. The van der Waals surface area contributed by atoms with Crippen LogP contribution in [0.2, 0.25) is 0 Å². The van der Waals surface area contributed by atoms with E-state index < -0.39 is 0 Å². The molecule has 140 valence electrons. The number of ketones is 1. The minimum absolute atomic E-state index is 0.0939. The Labute approximate surface area is 155 Å². The van der Waals surface area contributed by atoms with Crippen molar-refractivity contribution in [3.63, 3.8) is 0 Å². The first-order chi connectivity index (χ1) is 12.9. The number of Topliss-reactive ketones (excluding diaryl/α,β-unsaturated/α-hetero) is 1. The molecule has 27 heavy (non-hydrogen) atoms. The average molecular weight is 370 g/mol. The van der Waals surface area contributed by atoms with E-state index in [4.69, 9.17) is 4.74 Å². The Bertz CT molecular complexity index is 880. The fourth-order valence-corrected chi connectivity index (χ4v) is 2.77. The molecule has 0 saturated carbocycles. The zero-order valence-electron chi connectivity index (χ0n) is 14.8. The highest BCUT2D eigenvalue weighted by atomic mass is 19.1. The Morgan fingerprint density at radius 2 is 1.93 bits per heavy atom. The third-order valence-electron chi connectivity index (χ3n) is 4.27. The third-order valence-corrected chi connectivity index (χ3v) is 4.27. The molecule has 1 N–H and O–H groups in total. The lowest BCUT2D eigenvalue weighted by atomic mass is 10.1. The molecule has 7 heteroatoms. The predicted octanol–water partition coefficient (Wildman–Crippen LogP) is 2.46. The van der Waals surface area contributed by atoms with E-state index >= 15 is 0 Å². The van der Waals surface area contributed by atoms with E-state index in [-0.39, 0.29) is 49.5 Å². The van der Waals surface area contributed by atoms with Crippen LogP contribution in [0.5, 0.6) is 5.75 Å². The number of ether oxygens (including phenoxy) is 1. The number of carbonyl (C=O) groups is 3. The molecular weight excluding hydrogens is 351 g/mol. The van der Waals surface area contributed by atoms with Crippen LogP contribution in [0.15, 0.2) is 42.5 Å². The normalized spacial score (nSPS) is 13.0. The number of fused-ring (bicyclic) bond motifs is 1. The van der Waals surface area contributed by atoms with E-state index in [0.717, 1.165) is 5.56 Å². The highest BCUT2D eigenvalue weighted by Gasteiger charge is 2.26. The lowest BCUT2D eigenvalue weighted by Crippen LogP contribution is -2.41. The highest BCUT2D eigenvalue weighted by molar-refractivity contribution is 6.01. The van der Waals surface area contributed by atoms with Gasteiger partial charge in [-0.3, -0.25) is 14.4 Å². The molecule has 0 unspecified atom stereocenters. The van der Waals surface area contributed by atoms with E-state index in [1.165, 1.54) is 24.0 Å². The minimum Gasteiger partial charge on any atom is -0.482 e. The summed E-state index contributed by atoms with van der Waals surface area (Å²) in [6, 6.07) is 10.8. The molecule has 0 aliphatic carbocycles. The maximum Gasteiger partial charge on any atom is 0.265 e. The van der Waals surface area contributed by atoms with E-state index in [9.17, 15) is 18.8 Å². The summed E-state index contributed by atoms with van der Waals surface area (Å²) in [5.41, 5.74) is 1.74. The Hall–Kier alpha value is -3.22. The first-order valence-corrected chi connectivity index (χ1v) is 8.53. The highest BCUT2D eigenvalue weighted by Crippen LogP contribution is 2.33. The van der Waals surface area contributed by atoms with Crippen LogP contribution in [0, 0.1) is 5.82 Å². The quantitative estimate of drug-likeness (QED) is 0.793. The van der Waals surface area contributed by atoms with Crippen LogP contribution in [0.3, 0.4) is 0 Å². The van der Waals surface area contributed by atoms with Crippen molar-refractivity contribution >= 4 is 23.3 Å². The van der Waals surface area contributed by atoms with Gasteiger partial charge in [0.1, 0.15) is 11.6 Å². The molecule has 3 rings (SSSR count). The first kappa shape index (κ1) is 18.6. The van der Waals surface area contributed by atoms with Gasteiger partial charge in [0.15, 0.2) is 12.4 Å². The lowest BCUT2D eigenvalue weighted by molar-refractivity contribution is -0.122. The number of hydrogen-bond acceptors (Lipinski definition) is 4. The van der Waals surface area contributed by atoms with Gasteiger partial charge in [-0.1, -0.05) is 12.1 Å². The Balaban J connectivity index is 1.62. The molecular formula is C20H19FN2O4. The molecule has 1 heterocycles. The van der Waals surface area contributed by atoms with Crippen LogP contribution in [0.25, 0.3) is 0 Å². The zero-order valence-corrected chi connectivity index (χ0v) is 14.8. The van der Waals surface area contributed by atoms with E-state index in [1.807, 2.05) is 0 Å². The summed E-state index contributed by atoms with van der Waals surface area (Å²) in [5, 5.41) is 2.74. The molecule has 0 fully saturated rings. The maximum absolute atomic E-state index is 12.9. The second-order valence-electron chi connectivity index (χ2n) is 6.23. The van der Waals surface area contributed by atoms with Crippen LogP contribution < -0.4 is 15.0 Å². The molecule has 0 atom stereocenters. The largest absolute Gasteiger partial charge is 0.482 e. The van der Waals surface area contributed by atoms with Gasteiger partial charge in [-0.05, 0) is 42.8 Å². The van der Waals surface area contributed by atoms with Crippen LogP contribution in [-0.4, -0.2) is 30.7 Å². The van der Waals surface area contributed by atoms with Gasteiger partial charge in [0.25, 0.3) is 5.91 Å². The number of hydrogen-bond donors (Lipinski definition) is 1. The fourth-order valence-electron chi connectivity index (χ4n) is 2.77. The number of amides is 2. The summed E-state index contributed by atoms with van der Waals surface area (Å²) >= 11 is 0. The Kier molecular flexibility index (Phi) is 5.49. The second-order valence-corrected chi connectivity index (χ2v) is 6.23. The summed E-state index contributed by atoms with van der Waals surface area (Å²) in [4.78, 5) is 37.4. The molecule has 1 aliphatic heterocycles. The van der Waals surface area contributed by atoms with Gasteiger partial charge in [-0.25, -0.2) is 4.39 Å². The Morgan fingerprint density at radius 1 is 1.19 bits per heavy atom. The van der Waals surface area contributed by atoms with Crippen molar-refractivity contribution in [3.8, 4) is 5.75 Å². The van der Waals surface area contributed by atoms with Crippen molar-refractivity contribution in [2.75, 3.05) is 18.1 Å². The van der Waals surface area contributed by atoms with Crippen molar-refractivity contribution in [1.82, 2.24) is 5.32 Å². The number of halogens is 1. The summed E-state index contributed by atoms with van der Waals surface area (Å²) in [6.07, 6.45) is 0.0939. The van der Waals surface area contributed by atoms with Gasteiger partial charge in [0.05, 0.1) is 5.69 Å².